The molecular formula is C20H36ClN5. The molecule has 6 heteroatoms. The number of piperidine rings is 1. The van der Waals surface area contributed by atoms with Crippen LogP contribution in [0.5, 0.6) is 0 Å². The van der Waals surface area contributed by atoms with Crippen molar-refractivity contribution in [2.75, 3.05) is 32.7 Å². The van der Waals surface area contributed by atoms with Crippen LogP contribution in [0.2, 0.25) is 0 Å². The van der Waals surface area contributed by atoms with E-state index in [1.165, 1.54) is 51.4 Å². The highest BCUT2D eigenvalue weighted by Gasteiger charge is 2.39. The molecule has 148 valence electrons. The average molecular weight is 382 g/mol. The largest absolute Gasteiger partial charge is 0.384 e. The zero-order valence-electron chi connectivity index (χ0n) is 16.3. The smallest absolute Gasteiger partial charge is 0.148 e. The molecule has 3 aliphatic rings. The van der Waals surface area contributed by atoms with Crippen LogP contribution in [-0.2, 0) is 0 Å². The van der Waals surface area contributed by atoms with Crippen molar-refractivity contribution in [3.63, 3.8) is 0 Å². The lowest BCUT2D eigenvalue weighted by atomic mass is 9.94. The van der Waals surface area contributed by atoms with Gasteiger partial charge in [-0.25, -0.2) is 4.99 Å². The van der Waals surface area contributed by atoms with Crippen molar-refractivity contribution < 1.29 is 0 Å². The lowest BCUT2D eigenvalue weighted by molar-refractivity contribution is 0.0985. The lowest BCUT2D eigenvalue weighted by Crippen LogP contribution is -2.49. The Morgan fingerprint density at radius 2 is 1.92 bits per heavy atom. The molecule has 5 nitrogen and oxygen atoms in total. The molecule has 2 heterocycles. The second kappa shape index (κ2) is 9.54. The van der Waals surface area contributed by atoms with Crippen molar-refractivity contribution in [1.29, 1.82) is 0 Å². The van der Waals surface area contributed by atoms with Gasteiger partial charge in [-0.1, -0.05) is 30.9 Å². The third-order valence-corrected chi connectivity index (χ3v) is 6.77. The number of hydrogen-bond acceptors (Lipinski definition) is 5. The second-order valence-corrected chi connectivity index (χ2v) is 8.73. The summed E-state index contributed by atoms with van der Waals surface area (Å²) >= 11 is 6.38. The van der Waals surface area contributed by atoms with Crippen LogP contribution in [0.1, 0.15) is 58.3 Å². The molecule has 1 saturated carbocycles. The number of amidine groups is 1. The number of hydrogen-bond donors (Lipinski definition) is 3. The molecule has 2 fully saturated rings. The van der Waals surface area contributed by atoms with Gasteiger partial charge in [0.05, 0.1) is 5.03 Å². The first-order chi connectivity index (χ1) is 12.6. The molecule has 1 saturated heterocycles. The summed E-state index contributed by atoms with van der Waals surface area (Å²) in [5.41, 5.74) is 5.40. The van der Waals surface area contributed by atoms with Crippen LogP contribution >= 0.6 is 11.6 Å². The van der Waals surface area contributed by atoms with Crippen molar-refractivity contribution in [3.8, 4) is 0 Å². The highest BCUT2D eigenvalue weighted by molar-refractivity contribution is 6.33. The molecule has 0 radical (unpaired) electrons. The minimum Gasteiger partial charge on any atom is -0.384 e. The minimum absolute atomic E-state index is 0.436. The molecule has 0 aromatic rings. The highest BCUT2D eigenvalue weighted by Crippen LogP contribution is 2.35. The summed E-state index contributed by atoms with van der Waals surface area (Å²) in [7, 11) is 0. The van der Waals surface area contributed by atoms with Crippen LogP contribution in [0.15, 0.2) is 16.1 Å². The summed E-state index contributed by atoms with van der Waals surface area (Å²) in [5.74, 6) is 1.30. The zero-order chi connectivity index (χ0) is 18.4. The Hall–Kier alpha value is -0.620. The van der Waals surface area contributed by atoms with Gasteiger partial charge < -0.3 is 16.4 Å². The SMILES string of the molecule is CC1(N2CCC(CNCCCNC3CCCCC3)CC2)N=C(N)C=C1Cl. The summed E-state index contributed by atoms with van der Waals surface area (Å²) < 4.78 is 0. The van der Waals surface area contributed by atoms with E-state index in [0.717, 1.165) is 49.7 Å². The molecule has 4 N–H and O–H groups in total. The Morgan fingerprint density at radius 3 is 2.58 bits per heavy atom. The van der Waals surface area contributed by atoms with Crippen LogP contribution in [0.3, 0.4) is 0 Å². The van der Waals surface area contributed by atoms with Gasteiger partial charge in [0.1, 0.15) is 11.5 Å². The van der Waals surface area contributed by atoms with Gasteiger partial charge >= 0.3 is 0 Å². The van der Waals surface area contributed by atoms with Crippen molar-refractivity contribution in [2.24, 2.45) is 16.6 Å². The van der Waals surface area contributed by atoms with Crippen molar-refractivity contribution in [3.05, 3.63) is 11.1 Å². The quantitative estimate of drug-likeness (QED) is 0.565. The molecule has 3 rings (SSSR count). The van der Waals surface area contributed by atoms with E-state index in [2.05, 4.69) is 27.4 Å². The third-order valence-electron chi connectivity index (χ3n) is 6.31. The first kappa shape index (κ1) is 20.1. The predicted molar refractivity (Wildman–Crippen MR) is 111 cm³/mol. The van der Waals surface area contributed by atoms with Gasteiger partial charge in [0.2, 0.25) is 0 Å². The van der Waals surface area contributed by atoms with E-state index in [1.54, 1.807) is 6.08 Å². The zero-order valence-corrected chi connectivity index (χ0v) is 17.0. The Morgan fingerprint density at radius 1 is 1.19 bits per heavy atom. The van der Waals surface area contributed by atoms with Gasteiger partial charge in [0.15, 0.2) is 0 Å². The van der Waals surface area contributed by atoms with Crippen LogP contribution < -0.4 is 16.4 Å². The summed E-state index contributed by atoms with van der Waals surface area (Å²) in [6.07, 6.45) is 12.4. The summed E-state index contributed by atoms with van der Waals surface area (Å²) in [5, 5.41) is 8.13. The van der Waals surface area contributed by atoms with Gasteiger partial charge in [0, 0.05) is 19.1 Å². The van der Waals surface area contributed by atoms with Crippen molar-refractivity contribution in [2.45, 2.75) is 70.0 Å². The van der Waals surface area contributed by atoms with Crippen LogP contribution in [0.4, 0.5) is 0 Å². The Labute approximate surface area is 163 Å². The topological polar surface area (TPSA) is 65.7 Å². The fourth-order valence-corrected chi connectivity index (χ4v) is 4.80. The molecule has 0 aromatic heterocycles. The molecule has 0 aromatic carbocycles. The molecule has 1 aliphatic carbocycles. The molecule has 26 heavy (non-hydrogen) atoms. The van der Waals surface area contributed by atoms with E-state index in [0.29, 0.717) is 5.84 Å². The van der Waals surface area contributed by atoms with Crippen LogP contribution in [0, 0.1) is 5.92 Å². The second-order valence-electron chi connectivity index (χ2n) is 8.33. The van der Waals surface area contributed by atoms with E-state index in [1.807, 2.05) is 0 Å². The molecule has 0 spiro atoms. The molecule has 1 unspecified atom stereocenters. The van der Waals surface area contributed by atoms with E-state index in [4.69, 9.17) is 17.3 Å². The fourth-order valence-electron chi connectivity index (χ4n) is 4.53. The number of likely N-dealkylation sites (tertiary alicyclic amines) is 1. The first-order valence-corrected chi connectivity index (χ1v) is 10.9. The predicted octanol–water partition coefficient (Wildman–Crippen LogP) is 2.81. The van der Waals surface area contributed by atoms with Crippen LogP contribution in [0.25, 0.3) is 0 Å². The summed E-state index contributed by atoms with van der Waals surface area (Å²) in [6, 6.07) is 0.780. The van der Waals surface area contributed by atoms with E-state index >= 15 is 0 Å². The van der Waals surface area contributed by atoms with Crippen molar-refractivity contribution >= 4 is 17.4 Å². The Balaban J connectivity index is 1.26. The minimum atomic E-state index is -0.436. The van der Waals surface area contributed by atoms with Crippen molar-refractivity contribution in [1.82, 2.24) is 15.5 Å². The maximum atomic E-state index is 6.38. The Kier molecular flexibility index (Phi) is 7.38. The van der Waals surface area contributed by atoms with Gasteiger partial charge in [-0.05, 0) is 70.7 Å². The molecule has 2 aliphatic heterocycles. The third kappa shape index (κ3) is 5.22. The molecule has 0 amide bonds. The van der Waals surface area contributed by atoms with Crippen LogP contribution in [-0.4, -0.2) is 55.2 Å². The maximum absolute atomic E-state index is 6.38. The van der Waals surface area contributed by atoms with E-state index < -0.39 is 5.66 Å². The first-order valence-electron chi connectivity index (χ1n) is 10.5. The number of nitrogens with one attached hydrogen (secondary N) is 2. The highest BCUT2D eigenvalue weighted by atomic mass is 35.5. The van der Waals surface area contributed by atoms with E-state index in [9.17, 15) is 0 Å². The average Bonchev–Trinajstić information content (AvgIpc) is 2.92. The van der Waals surface area contributed by atoms with E-state index in [-0.39, 0.29) is 0 Å². The fraction of sp³-hybridized carbons (Fsp3) is 0.850. The van der Waals surface area contributed by atoms with Gasteiger partial charge in [-0.15, -0.1) is 0 Å². The van der Waals surface area contributed by atoms with Gasteiger partial charge in [-0.3, -0.25) is 4.90 Å². The maximum Gasteiger partial charge on any atom is 0.148 e. The molecule has 0 bridgehead atoms. The molecular weight excluding hydrogens is 346 g/mol. The number of nitrogens with two attached hydrogens (primary N) is 1. The lowest BCUT2D eigenvalue weighted by Gasteiger charge is -2.41. The Bertz CT molecular complexity index is 506. The normalized spacial score (nSPS) is 29.0. The van der Waals surface area contributed by atoms with Gasteiger partial charge in [0.25, 0.3) is 0 Å². The number of rotatable bonds is 8. The summed E-state index contributed by atoms with van der Waals surface area (Å²) in [6.45, 7) is 7.54. The number of nitrogens with zero attached hydrogens (tertiary/aromatic N) is 2. The molecule has 1 atom stereocenters. The summed E-state index contributed by atoms with van der Waals surface area (Å²) in [4.78, 5) is 6.93. The van der Waals surface area contributed by atoms with Gasteiger partial charge in [-0.2, -0.15) is 0 Å². The number of halogens is 1. The standard InChI is InChI=1S/C20H36ClN5/c1-20(18(21)14-19(22)25-20)26-12-8-16(9-13-26)15-23-10-5-11-24-17-6-3-2-4-7-17/h14,16-17,23-24H,2-13,15H2,1H3,(H2,22,25). The monoisotopic (exact) mass is 381 g/mol. The number of aliphatic imine (C=N–C) groups is 1.